The van der Waals surface area contributed by atoms with E-state index in [9.17, 15) is 4.39 Å². The average molecular weight is 437 g/mol. The van der Waals surface area contributed by atoms with E-state index in [2.05, 4.69) is 24.2 Å². The van der Waals surface area contributed by atoms with E-state index in [1.165, 1.54) is 12.1 Å². The SMILES string of the molecule is CN=C(NCCCOCC(C)C)N(C)Cc1ccc(F)cc1.I. The molecule has 0 aliphatic heterocycles. The molecule has 1 aromatic rings. The van der Waals surface area contributed by atoms with Gasteiger partial charge in [0.2, 0.25) is 0 Å². The zero-order valence-corrected chi connectivity index (χ0v) is 16.8. The van der Waals surface area contributed by atoms with Crippen LogP contribution in [0.1, 0.15) is 25.8 Å². The van der Waals surface area contributed by atoms with Crippen molar-refractivity contribution in [2.45, 2.75) is 26.8 Å². The Morgan fingerprint density at radius 1 is 1.30 bits per heavy atom. The predicted molar refractivity (Wildman–Crippen MR) is 105 cm³/mol. The van der Waals surface area contributed by atoms with Crippen LogP contribution in [0.25, 0.3) is 0 Å². The van der Waals surface area contributed by atoms with E-state index >= 15 is 0 Å². The Kier molecular flexibility index (Phi) is 12.0. The highest BCUT2D eigenvalue weighted by molar-refractivity contribution is 14.0. The monoisotopic (exact) mass is 437 g/mol. The van der Waals surface area contributed by atoms with Gasteiger partial charge in [-0.2, -0.15) is 0 Å². The van der Waals surface area contributed by atoms with Crippen molar-refractivity contribution < 1.29 is 9.13 Å². The van der Waals surface area contributed by atoms with Gasteiger partial charge in [-0.25, -0.2) is 4.39 Å². The van der Waals surface area contributed by atoms with E-state index in [0.717, 1.165) is 37.7 Å². The summed E-state index contributed by atoms with van der Waals surface area (Å²) in [6.07, 6.45) is 0.941. The van der Waals surface area contributed by atoms with Gasteiger partial charge in [0.15, 0.2) is 5.96 Å². The Labute approximate surface area is 156 Å². The minimum atomic E-state index is -0.213. The molecule has 0 atom stereocenters. The second-order valence-electron chi connectivity index (χ2n) is 5.78. The molecule has 0 fully saturated rings. The number of hydrogen-bond donors (Lipinski definition) is 1. The third kappa shape index (κ3) is 9.76. The van der Waals surface area contributed by atoms with Crippen LogP contribution in [0.5, 0.6) is 0 Å². The summed E-state index contributed by atoms with van der Waals surface area (Å²) < 4.78 is 18.5. The Morgan fingerprint density at radius 3 is 2.52 bits per heavy atom. The Hall–Kier alpha value is -0.890. The third-order valence-electron chi connectivity index (χ3n) is 3.11. The second kappa shape index (κ2) is 12.5. The highest BCUT2D eigenvalue weighted by atomic mass is 127. The number of ether oxygens (including phenoxy) is 1. The lowest BCUT2D eigenvalue weighted by Crippen LogP contribution is -2.39. The lowest BCUT2D eigenvalue weighted by molar-refractivity contribution is 0.108. The first-order valence-corrected chi connectivity index (χ1v) is 7.77. The fourth-order valence-corrected chi connectivity index (χ4v) is 2.02. The zero-order chi connectivity index (χ0) is 16.4. The summed E-state index contributed by atoms with van der Waals surface area (Å²) in [6.45, 7) is 7.35. The van der Waals surface area contributed by atoms with Crippen molar-refractivity contribution in [2.24, 2.45) is 10.9 Å². The molecule has 0 spiro atoms. The van der Waals surface area contributed by atoms with Gasteiger partial charge < -0.3 is 15.0 Å². The number of nitrogens with zero attached hydrogens (tertiary/aromatic N) is 2. The number of guanidine groups is 1. The van der Waals surface area contributed by atoms with Crippen molar-refractivity contribution in [2.75, 3.05) is 33.9 Å². The minimum Gasteiger partial charge on any atom is -0.381 e. The fourth-order valence-electron chi connectivity index (χ4n) is 2.02. The van der Waals surface area contributed by atoms with Crippen molar-refractivity contribution in [1.29, 1.82) is 0 Å². The Morgan fingerprint density at radius 2 is 1.96 bits per heavy atom. The highest BCUT2D eigenvalue weighted by Crippen LogP contribution is 2.05. The number of nitrogens with one attached hydrogen (secondary N) is 1. The van der Waals surface area contributed by atoms with Crippen LogP contribution in [0.15, 0.2) is 29.3 Å². The highest BCUT2D eigenvalue weighted by Gasteiger charge is 2.06. The standard InChI is InChI=1S/C17H28FN3O.HI/c1-14(2)13-22-11-5-10-20-17(19-3)21(4)12-15-6-8-16(18)9-7-15;/h6-9,14H,5,10-13H2,1-4H3,(H,19,20);1H. The van der Waals surface area contributed by atoms with Crippen LogP contribution in [0, 0.1) is 11.7 Å². The summed E-state index contributed by atoms with van der Waals surface area (Å²) in [4.78, 5) is 6.28. The van der Waals surface area contributed by atoms with E-state index in [-0.39, 0.29) is 29.8 Å². The quantitative estimate of drug-likeness (QED) is 0.293. The maximum absolute atomic E-state index is 12.9. The molecular weight excluding hydrogens is 408 g/mol. The van der Waals surface area contributed by atoms with E-state index < -0.39 is 0 Å². The molecule has 1 N–H and O–H groups in total. The third-order valence-corrected chi connectivity index (χ3v) is 3.11. The van der Waals surface area contributed by atoms with Crippen molar-refractivity contribution in [3.8, 4) is 0 Å². The van der Waals surface area contributed by atoms with Gasteiger partial charge in [0.05, 0.1) is 0 Å². The van der Waals surface area contributed by atoms with Gasteiger partial charge in [0.1, 0.15) is 5.82 Å². The van der Waals surface area contributed by atoms with Crippen molar-refractivity contribution in [3.05, 3.63) is 35.6 Å². The first kappa shape index (κ1) is 22.1. The van der Waals surface area contributed by atoms with Gasteiger partial charge in [-0.1, -0.05) is 26.0 Å². The smallest absolute Gasteiger partial charge is 0.193 e. The lowest BCUT2D eigenvalue weighted by Gasteiger charge is -2.22. The van der Waals surface area contributed by atoms with Gasteiger partial charge >= 0.3 is 0 Å². The van der Waals surface area contributed by atoms with E-state index in [4.69, 9.17) is 4.74 Å². The topological polar surface area (TPSA) is 36.9 Å². The molecule has 1 aromatic carbocycles. The average Bonchev–Trinajstić information content (AvgIpc) is 2.48. The number of aliphatic imine (C=N–C) groups is 1. The summed E-state index contributed by atoms with van der Waals surface area (Å²) in [7, 11) is 3.73. The minimum absolute atomic E-state index is 0. The first-order chi connectivity index (χ1) is 10.5. The maximum atomic E-state index is 12.9. The number of hydrogen-bond acceptors (Lipinski definition) is 2. The predicted octanol–water partition coefficient (Wildman–Crippen LogP) is 3.51. The molecular formula is C17H29FIN3O. The first-order valence-electron chi connectivity index (χ1n) is 7.77. The molecule has 0 radical (unpaired) electrons. The molecule has 0 aliphatic carbocycles. The van der Waals surface area contributed by atoms with Crippen LogP contribution < -0.4 is 5.32 Å². The molecule has 0 heterocycles. The number of halogens is 2. The number of rotatable bonds is 8. The molecule has 0 unspecified atom stereocenters. The van der Waals surface area contributed by atoms with Gasteiger partial charge in [-0.05, 0) is 30.0 Å². The van der Waals surface area contributed by atoms with Crippen LogP contribution in [0.3, 0.4) is 0 Å². The Bertz CT molecular complexity index is 452. The normalized spacial score (nSPS) is 11.3. The van der Waals surface area contributed by atoms with Crippen molar-refractivity contribution in [3.63, 3.8) is 0 Å². The molecule has 0 aliphatic rings. The van der Waals surface area contributed by atoms with Gasteiger partial charge in [0, 0.05) is 40.4 Å². The summed E-state index contributed by atoms with van der Waals surface area (Å²) in [5.74, 6) is 1.19. The molecule has 0 aromatic heterocycles. The van der Waals surface area contributed by atoms with Crippen LogP contribution in [-0.2, 0) is 11.3 Å². The molecule has 132 valence electrons. The fraction of sp³-hybridized carbons (Fsp3) is 0.588. The summed E-state index contributed by atoms with van der Waals surface area (Å²) in [5, 5.41) is 3.31. The molecule has 0 bridgehead atoms. The molecule has 0 saturated heterocycles. The lowest BCUT2D eigenvalue weighted by atomic mass is 10.2. The zero-order valence-electron chi connectivity index (χ0n) is 14.5. The largest absolute Gasteiger partial charge is 0.381 e. The molecule has 0 saturated carbocycles. The second-order valence-corrected chi connectivity index (χ2v) is 5.78. The maximum Gasteiger partial charge on any atom is 0.193 e. The summed E-state index contributed by atoms with van der Waals surface area (Å²) in [5.41, 5.74) is 1.05. The van der Waals surface area contributed by atoms with E-state index in [1.807, 2.05) is 11.9 Å². The Balaban J connectivity index is 0.00000484. The number of benzene rings is 1. The molecule has 0 amide bonds. The molecule has 1 rings (SSSR count). The van der Waals surface area contributed by atoms with Gasteiger partial charge in [-0.3, -0.25) is 4.99 Å². The van der Waals surface area contributed by atoms with E-state index in [0.29, 0.717) is 12.5 Å². The molecule has 23 heavy (non-hydrogen) atoms. The molecule has 6 heteroatoms. The van der Waals surface area contributed by atoms with E-state index in [1.54, 1.807) is 19.2 Å². The summed E-state index contributed by atoms with van der Waals surface area (Å²) >= 11 is 0. The summed E-state index contributed by atoms with van der Waals surface area (Å²) in [6, 6.07) is 6.54. The van der Waals surface area contributed by atoms with Crippen LogP contribution in [0.4, 0.5) is 4.39 Å². The van der Waals surface area contributed by atoms with Crippen molar-refractivity contribution >= 4 is 29.9 Å². The van der Waals surface area contributed by atoms with Gasteiger partial charge in [0.25, 0.3) is 0 Å². The van der Waals surface area contributed by atoms with Crippen LogP contribution in [-0.4, -0.2) is 44.7 Å². The van der Waals surface area contributed by atoms with Crippen molar-refractivity contribution in [1.82, 2.24) is 10.2 Å². The van der Waals surface area contributed by atoms with Gasteiger partial charge in [-0.15, -0.1) is 24.0 Å². The molecule has 4 nitrogen and oxygen atoms in total. The van der Waals surface area contributed by atoms with Crippen LogP contribution in [0.2, 0.25) is 0 Å². The van der Waals surface area contributed by atoms with Crippen LogP contribution >= 0.6 is 24.0 Å².